The van der Waals surface area contributed by atoms with Gasteiger partial charge in [0, 0.05) is 13.1 Å². The third-order valence-corrected chi connectivity index (χ3v) is 6.09. The molecule has 0 spiro atoms. The number of hydrogen-bond donors (Lipinski definition) is 2. The van der Waals surface area contributed by atoms with Gasteiger partial charge in [-0.05, 0) is 51.8 Å². The fraction of sp³-hybridized carbons (Fsp3) is 0.588. The van der Waals surface area contributed by atoms with Gasteiger partial charge in [0.1, 0.15) is 5.82 Å². The molecule has 0 bridgehead atoms. The van der Waals surface area contributed by atoms with Gasteiger partial charge in [-0.1, -0.05) is 12.1 Å². The number of nitrogens with zero attached hydrogens (tertiary/aromatic N) is 1. The molecule has 0 aromatic heterocycles. The molecular weight excluding hydrogens is 456 g/mol. The molecule has 0 aliphatic rings. The molecule has 1 rings (SSSR count). The first-order valence-corrected chi connectivity index (χ1v) is 9.80. The zero-order valence-electron chi connectivity index (χ0n) is 15.3. The van der Waals surface area contributed by atoms with Crippen molar-refractivity contribution in [3.05, 3.63) is 35.6 Å². The van der Waals surface area contributed by atoms with Gasteiger partial charge >= 0.3 is 0 Å². The van der Waals surface area contributed by atoms with Crippen LogP contribution in [-0.4, -0.2) is 44.5 Å². The van der Waals surface area contributed by atoms with Gasteiger partial charge in [0.25, 0.3) is 0 Å². The lowest BCUT2D eigenvalue weighted by Gasteiger charge is -2.18. The lowest BCUT2D eigenvalue weighted by molar-refractivity contribution is 0.560. The highest BCUT2D eigenvalue weighted by Gasteiger charge is 2.28. The Kier molecular flexibility index (Phi) is 10.6. The minimum absolute atomic E-state index is 0. The Bertz CT molecular complexity index is 658. The lowest BCUT2D eigenvalue weighted by atomic mass is 10.1. The Balaban J connectivity index is 0.00000576. The van der Waals surface area contributed by atoms with Gasteiger partial charge in [0.2, 0.25) is 0 Å². The van der Waals surface area contributed by atoms with E-state index in [0.29, 0.717) is 25.5 Å². The predicted molar refractivity (Wildman–Crippen MR) is 113 cm³/mol. The quantitative estimate of drug-likeness (QED) is 0.354. The van der Waals surface area contributed by atoms with Crippen LogP contribution >= 0.6 is 24.0 Å². The summed E-state index contributed by atoms with van der Waals surface area (Å²) >= 11 is 0. The molecule has 1 aromatic rings. The van der Waals surface area contributed by atoms with Crippen molar-refractivity contribution in [2.75, 3.05) is 25.4 Å². The molecule has 5 nitrogen and oxygen atoms in total. The van der Waals surface area contributed by atoms with Gasteiger partial charge in [-0.2, -0.15) is 0 Å². The third kappa shape index (κ3) is 8.84. The number of aliphatic imine (C=N–C) groups is 1. The van der Waals surface area contributed by atoms with Crippen LogP contribution in [0.3, 0.4) is 0 Å². The van der Waals surface area contributed by atoms with Gasteiger partial charge in [-0.25, -0.2) is 12.8 Å². The van der Waals surface area contributed by atoms with Crippen molar-refractivity contribution in [2.24, 2.45) is 4.99 Å². The Morgan fingerprint density at radius 1 is 1.24 bits per heavy atom. The summed E-state index contributed by atoms with van der Waals surface area (Å²) in [7, 11) is -3.18. The summed E-state index contributed by atoms with van der Waals surface area (Å²) in [6, 6.07) is 6.46. The normalized spacial score (nSPS) is 12.4. The van der Waals surface area contributed by atoms with Crippen molar-refractivity contribution in [3.63, 3.8) is 0 Å². The first kappa shape index (κ1) is 24.1. The summed E-state index contributed by atoms with van der Waals surface area (Å²) in [5.41, 5.74) is 0.897. The van der Waals surface area contributed by atoms with Crippen molar-refractivity contribution in [2.45, 2.75) is 38.9 Å². The highest BCUT2D eigenvalue weighted by atomic mass is 127. The van der Waals surface area contributed by atoms with Gasteiger partial charge in [0.05, 0.1) is 17.0 Å². The van der Waals surface area contributed by atoms with E-state index in [2.05, 4.69) is 15.6 Å². The number of guanidine groups is 1. The second-order valence-electron chi connectivity index (χ2n) is 6.50. The monoisotopic (exact) mass is 485 g/mol. The van der Waals surface area contributed by atoms with Gasteiger partial charge < -0.3 is 10.6 Å². The average Bonchev–Trinajstić information content (AvgIpc) is 2.46. The maximum absolute atomic E-state index is 13.1. The van der Waals surface area contributed by atoms with Crippen LogP contribution in [0.15, 0.2) is 29.3 Å². The Morgan fingerprint density at radius 3 is 2.48 bits per heavy atom. The molecule has 0 aliphatic carbocycles. The van der Waals surface area contributed by atoms with E-state index < -0.39 is 14.6 Å². The fourth-order valence-electron chi connectivity index (χ4n) is 1.94. The van der Waals surface area contributed by atoms with E-state index in [1.165, 1.54) is 12.1 Å². The largest absolute Gasteiger partial charge is 0.357 e. The van der Waals surface area contributed by atoms with Crippen molar-refractivity contribution in [3.8, 4) is 0 Å². The van der Waals surface area contributed by atoms with Crippen LogP contribution in [0, 0.1) is 5.82 Å². The number of nitrogens with one attached hydrogen (secondary N) is 2. The lowest BCUT2D eigenvalue weighted by Crippen LogP contribution is -2.39. The second kappa shape index (κ2) is 10.9. The number of rotatable bonds is 7. The molecule has 0 atom stereocenters. The van der Waals surface area contributed by atoms with E-state index in [0.717, 1.165) is 5.56 Å². The molecule has 144 valence electrons. The average molecular weight is 485 g/mol. The van der Waals surface area contributed by atoms with E-state index in [-0.39, 0.29) is 42.1 Å². The summed E-state index contributed by atoms with van der Waals surface area (Å²) in [4.78, 5) is 4.30. The van der Waals surface area contributed by atoms with Crippen LogP contribution in [0.4, 0.5) is 4.39 Å². The van der Waals surface area contributed by atoms with E-state index in [9.17, 15) is 12.8 Å². The van der Waals surface area contributed by atoms with Crippen LogP contribution < -0.4 is 10.6 Å². The van der Waals surface area contributed by atoms with Crippen LogP contribution in [0.25, 0.3) is 0 Å². The highest BCUT2D eigenvalue weighted by molar-refractivity contribution is 14.0. The molecule has 0 saturated carbocycles. The number of hydrogen-bond acceptors (Lipinski definition) is 3. The van der Waals surface area contributed by atoms with E-state index in [4.69, 9.17) is 0 Å². The van der Waals surface area contributed by atoms with Crippen LogP contribution in [-0.2, 0) is 16.3 Å². The van der Waals surface area contributed by atoms with E-state index in [1.807, 2.05) is 13.0 Å². The SMILES string of the molecule is CCNC(=NCCS(=O)(=O)C(C)(C)C)NCCc1cccc(F)c1.I. The van der Waals surface area contributed by atoms with Crippen molar-refractivity contribution in [1.29, 1.82) is 0 Å². The topological polar surface area (TPSA) is 70.6 Å². The standard InChI is InChI=1S/C17H28FN3O2S.HI/c1-5-19-16(21-11-12-24(22,23)17(2,3)4)20-10-9-14-7-6-8-15(18)13-14;/h6-8,13H,5,9-12H2,1-4H3,(H2,19,20,21);1H. The Labute approximate surface area is 167 Å². The Morgan fingerprint density at radius 2 is 1.92 bits per heavy atom. The van der Waals surface area contributed by atoms with Gasteiger partial charge in [0.15, 0.2) is 15.8 Å². The predicted octanol–water partition coefficient (Wildman–Crippen LogP) is 2.75. The molecule has 0 unspecified atom stereocenters. The smallest absolute Gasteiger partial charge is 0.191 e. The molecule has 0 amide bonds. The molecule has 0 aliphatic heterocycles. The highest BCUT2D eigenvalue weighted by Crippen LogP contribution is 2.15. The minimum atomic E-state index is -3.18. The molecule has 25 heavy (non-hydrogen) atoms. The maximum atomic E-state index is 13.1. The van der Waals surface area contributed by atoms with E-state index >= 15 is 0 Å². The van der Waals surface area contributed by atoms with Crippen LogP contribution in [0.2, 0.25) is 0 Å². The fourth-order valence-corrected chi connectivity index (χ4v) is 2.89. The number of halogens is 2. The van der Waals surface area contributed by atoms with Crippen molar-refractivity contribution in [1.82, 2.24) is 10.6 Å². The molecule has 0 heterocycles. The first-order valence-electron chi connectivity index (χ1n) is 8.14. The molecule has 8 heteroatoms. The zero-order chi connectivity index (χ0) is 18.2. The molecule has 1 aromatic carbocycles. The molecule has 0 fully saturated rings. The summed E-state index contributed by atoms with van der Waals surface area (Å²) in [5.74, 6) is 0.329. The zero-order valence-corrected chi connectivity index (χ0v) is 18.4. The molecule has 0 saturated heterocycles. The van der Waals surface area contributed by atoms with Crippen molar-refractivity contribution >= 4 is 39.8 Å². The summed E-state index contributed by atoms with van der Waals surface area (Å²) in [6.07, 6.45) is 0.655. The van der Waals surface area contributed by atoms with Crippen LogP contribution in [0.5, 0.6) is 0 Å². The van der Waals surface area contributed by atoms with Crippen molar-refractivity contribution < 1.29 is 12.8 Å². The van der Waals surface area contributed by atoms with Crippen LogP contribution in [0.1, 0.15) is 33.3 Å². The number of benzene rings is 1. The molecular formula is C17H29FIN3O2S. The maximum Gasteiger partial charge on any atom is 0.191 e. The minimum Gasteiger partial charge on any atom is -0.357 e. The molecule has 0 radical (unpaired) electrons. The Hall–Kier alpha value is -0.900. The number of sulfone groups is 1. The first-order chi connectivity index (χ1) is 11.2. The van der Waals surface area contributed by atoms with Gasteiger partial charge in [-0.15, -0.1) is 24.0 Å². The summed E-state index contributed by atoms with van der Waals surface area (Å²) in [5, 5.41) is 6.21. The molecule has 2 N–H and O–H groups in total. The summed E-state index contributed by atoms with van der Waals surface area (Å²) < 4.78 is 36.5. The second-order valence-corrected chi connectivity index (χ2v) is 9.36. The summed E-state index contributed by atoms with van der Waals surface area (Å²) in [6.45, 7) is 8.47. The van der Waals surface area contributed by atoms with E-state index in [1.54, 1.807) is 26.8 Å². The van der Waals surface area contributed by atoms with Gasteiger partial charge in [-0.3, -0.25) is 4.99 Å². The third-order valence-electron chi connectivity index (χ3n) is 3.50.